The van der Waals surface area contributed by atoms with Crippen molar-refractivity contribution < 1.29 is 9.79 Å². The molecule has 0 aliphatic rings. The SMILES string of the molecule is Cl.Cl.NP(O)O. The van der Waals surface area contributed by atoms with Crippen molar-refractivity contribution in [1.82, 2.24) is 0 Å². The minimum absolute atomic E-state index is 0. The Morgan fingerprint density at radius 3 is 1.17 bits per heavy atom. The largest absolute Gasteiger partial charge is 0.338 e. The molecule has 0 aliphatic carbocycles. The third-order valence-corrected chi connectivity index (χ3v) is 0. The molecule has 6 heavy (non-hydrogen) atoms. The standard InChI is InChI=1S/2ClH.H4NO2P/c;;1-4(2)3/h2*1H;2-3H,1H2. The van der Waals surface area contributed by atoms with Crippen LogP contribution < -0.4 is 5.50 Å². The average molecular weight is 154 g/mol. The first kappa shape index (κ1) is 15.8. The minimum Gasteiger partial charge on any atom is -0.338 e. The molecular formula is H6Cl2NO2P. The van der Waals surface area contributed by atoms with Crippen LogP contribution >= 0.6 is 33.3 Å². The van der Waals surface area contributed by atoms with E-state index in [1.807, 2.05) is 0 Å². The van der Waals surface area contributed by atoms with Crippen molar-refractivity contribution in [3.05, 3.63) is 0 Å². The van der Waals surface area contributed by atoms with Crippen LogP contribution in [0.1, 0.15) is 0 Å². The molecule has 0 unspecified atom stereocenters. The maximum absolute atomic E-state index is 7.45. The van der Waals surface area contributed by atoms with Crippen LogP contribution in [-0.4, -0.2) is 9.79 Å². The summed E-state index contributed by atoms with van der Waals surface area (Å²) in [5.74, 6) is 0. The second-order valence-corrected chi connectivity index (χ2v) is 0.961. The molecule has 0 saturated carbocycles. The lowest BCUT2D eigenvalue weighted by atomic mass is 13.9. The number of halogens is 2. The molecule has 0 aromatic rings. The number of rotatable bonds is 0. The van der Waals surface area contributed by atoms with E-state index in [0.717, 1.165) is 0 Å². The second-order valence-electron chi connectivity index (χ2n) is 0.320. The molecule has 0 rings (SSSR count). The Morgan fingerprint density at radius 1 is 1.17 bits per heavy atom. The highest BCUT2D eigenvalue weighted by Crippen LogP contribution is 2.05. The summed E-state index contributed by atoms with van der Waals surface area (Å²) in [6, 6.07) is 0. The van der Waals surface area contributed by atoms with Crippen molar-refractivity contribution in [1.29, 1.82) is 0 Å². The Bertz CT molecular complexity index is 16.3. The maximum atomic E-state index is 7.45. The zero-order valence-corrected chi connectivity index (χ0v) is 5.26. The first-order valence-corrected chi connectivity index (χ1v) is 1.97. The van der Waals surface area contributed by atoms with Gasteiger partial charge in [0.15, 0.2) is 0 Å². The number of nitrogens with two attached hydrogens (primary N) is 1. The van der Waals surface area contributed by atoms with Crippen LogP contribution in [0.25, 0.3) is 0 Å². The van der Waals surface area contributed by atoms with Gasteiger partial charge in [0, 0.05) is 0 Å². The van der Waals surface area contributed by atoms with E-state index in [2.05, 4.69) is 5.50 Å². The number of hydrogen-bond donors (Lipinski definition) is 3. The van der Waals surface area contributed by atoms with Gasteiger partial charge in [0.1, 0.15) is 0 Å². The molecule has 0 bridgehead atoms. The quantitative estimate of drug-likeness (QED) is 0.430. The Hall–Kier alpha value is 0.890. The molecule has 6 heteroatoms. The molecule has 0 aromatic carbocycles. The van der Waals surface area contributed by atoms with Crippen LogP contribution in [0.5, 0.6) is 0 Å². The fourth-order valence-corrected chi connectivity index (χ4v) is 0. The lowest BCUT2D eigenvalue weighted by molar-refractivity contribution is 0.485. The molecule has 0 amide bonds. The molecule has 4 N–H and O–H groups in total. The molecule has 0 radical (unpaired) electrons. The zero-order valence-electron chi connectivity index (χ0n) is 2.74. The highest BCUT2D eigenvalue weighted by Gasteiger charge is 1.72. The van der Waals surface area contributed by atoms with Crippen molar-refractivity contribution >= 4 is 33.3 Å². The van der Waals surface area contributed by atoms with Gasteiger partial charge in [-0.25, -0.2) is 0 Å². The van der Waals surface area contributed by atoms with Gasteiger partial charge in [-0.1, -0.05) is 0 Å². The normalized spacial score (nSPS) is 6.00. The van der Waals surface area contributed by atoms with Gasteiger partial charge in [-0.15, -0.1) is 24.8 Å². The summed E-state index contributed by atoms with van der Waals surface area (Å²) < 4.78 is 0. The molecule has 0 aromatic heterocycles. The molecule has 42 valence electrons. The van der Waals surface area contributed by atoms with Gasteiger partial charge in [-0.3, -0.25) is 5.50 Å². The van der Waals surface area contributed by atoms with Gasteiger partial charge in [-0.05, 0) is 0 Å². The topological polar surface area (TPSA) is 66.5 Å². The molecule has 0 atom stereocenters. The van der Waals surface area contributed by atoms with Gasteiger partial charge >= 0.3 is 0 Å². The third kappa shape index (κ3) is 93.4. The van der Waals surface area contributed by atoms with E-state index >= 15 is 0 Å². The van der Waals surface area contributed by atoms with Gasteiger partial charge in [0.2, 0.25) is 8.53 Å². The summed E-state index contributed by atoms with van der Waals surface area (Å²) in [7, 11) is -2.12. The van der Waals surface area contributed by atoms with E-state index in [1.54, 1.807) is 0 Å². The van der Waals surface area contributed by atoms with Crippen molar-refractivity contribution in [3.8, 4) is 0 Å². The van der Waals surface area contributed by atoms with Crippen molar-refractivity contribution in [2.24, 2.45) is 5.50 Å². The van der Waals surface area contributed by atoms with Gasteiger partial charge < -0.3 is 9.79 Å². The Balaban J connectivity index is -0.0000000450. The van der Waals surface area contributed by atoms with Crippen LogP contribution in [-0.2, 0) is 0 Å². The molecule has 0 spiro atoms. The van der Waals surface area contributed by atoms with E-state index in [0.29, 0.717) is 0 Å². The molecule has 0 saturated heterocycles. The predicted molar refractivity (Wildman–Crippen MR) is 30.0 cm³/mol. The Labute approximate surface area is 49.3 Å². The number of hydrogen-bond acceptors (Lipinski definition) is 3. The zero-order chi connectivity index (χ0) is 3.58. The molecular weight excluding hydrogens is 148 g/mol. The van der Waals surface area contributed by atoms with E-state index in [1.165, 1.54) is 0 Å². The van der Waals surface area contributed by atoms with Gasteiger partial charge in [-0.2, -0.15) is 0 Å². The van der Waals surface area contributed by atoms with Crippen LogP contribution in [0.15, 0.2) is 0 Å². The highest BCUT2D eigenvalue weighted by atomic mass is 35.5. The monoisotopic (exact) mass is 153 g/mol. The summed E-state index contributed by atoms with van der Waals surface area (Å²) >= 11 is 0. The fraction of sp³-hybridized carbons (Fsp3) is 0. The Kier molecular flexibility index (Phi) is 24.5. The van der Waals surface area contributed by atoms with Crippen molar-refractivity contribution in [2.75, 3.05) is 0 Å². The van der Waals surface area contributed by atoms with E-state index in [9.17, 15) is 0 Å². The van der Waals surface area contributed by atoms with Gasteiger partial charge in [0.25, 0.3) is 0 Å². The van der Waals surface area contributed by atoms with E-state index < -0.39 is 8.53 Å². The summed E-state index contributed by atoms with van der Waals surface area (Å²) in [6.45, 7) is 0. The van der Waals surface area contributed by atoms with Crippen molar-refractivity contribution in [2.45, 2.75) is 0 Å². The fourth-order valence-electron chi connectivity index (χ4n) is 0. The second kappa shape index (κ2) is 9.31. The minimum atomic E-state index is -2.12. The summed E-state index contributed by atoms with van der Waals surface area (Å²) in [5, 5.41) is 0. The maximum Gasteiger partial charge on any atom is 0.247 e. The van der Waals surface area contributed by atoms with Crippen LogP contribution in [0.2, 0.25) is 0 Å². The molecule has 0 heterocycles. The third-order valence-electron chi connectivity index (χ3n) is 0. The van der Waals surface area contributed by atoms with Gasteiger partial charge in [0.05, 0.1) is 0 Å². The van der Waals surface area contributed by atoms with E-state index in [-0.39, 0.29) is 24.8 Å². The first-order valence-electron chi connectivity index (χ1n) is 0.658. The van der Waals surface area contributed by atoms with Crippen molar-refractivity contribution in [3.63, 3.8) is 0 Å². The predicted octanol–water partition coefficient (Wildman–Crippen LogP) is 0.000200. The van der Waals surface area contributed by atoms with E-state index in [4.69, 9.17) is 9.79 Å². The first-order chi connectivity index (χ1) is 1.73. The summed E-state index contributed by atoms with van der Waals surface area (Å²) in [5.41, 5.74) is 4.29. The molecule has 0 aliphatic heterocycles. The smallest absolute Gasteiger partial charge is 0.247 e. The van der Waals surface area contributed by atoms with Crippen LogP contribution in [0.4, 0.5) is 0 Å². The lowest BCUT2D eigenvalue weighted by Crippen LogP contribution is -1.78. The van der Waals surface area contributed by atoms with Crippen LogP contribution in [0.3, 0.4) is 0 Å². The summed E-state index contributed by atoms with van der Waals surface area (Å²) in [6.07, 6.45) is 0. The highest BCUT2D eigenvalue weighted by molar-refractivity contribution is 7.42. The average Bonchev–Trinajstić information content (AvgIpc) is 0.811. The van der Waals surface area contributed by atoms with Crippen LogP contribution in [0, 0.1) is 0 Å². The Morgan fingerprint density at radius 2 is 1.17 bits per heavy atom. The molecule has 3 nitrogen and oxygen atoms in total. The summed E-state index contributed by atoms with van der Waals surface area (Å²) in [4.78, 5) is 14.9. The lowest BCUT2D eigenvalue weighted by Gasteiger charge is -1.79. The molecule has 0 fully saturated rings.